The lowest BCUT2D eigenvalue weighted by Gasteiger charge is -2.56. The molecule has 6 nitrogen and oxygen atoms in total. The molecular formula is C27H32N2O4. The van der Waals surface area contributed by atoms with E-state index in [1.165, 1.54) is 19.3 Å². The molecule has 6 heteroatoms. The van der Waals surface area contributed by atoms with Crippen LogP contribution in [-0.4, -0.2) is 27.4 Å². The number of carbonyl (C=O) groups excluding carboxylic acids is 2. The van der Waals surface area contributed by atoms with Gasteiger partial charge in [-0.15, -0.1) is 0 Å². The van der Waals surface area contributed by atoms with Crippen LogP contribution in [-0.2, 0) is 22.5 Å². The molecule has 2 aromatic rings. The number of esters is 1. The number of ketones is 1. The van der Waals surface area contributed by atoms with Crippen molar-refractivity contribution in [2.45, 2.75) is 83.8 Å². The third-order valence-electron chi connectivity index (χ3n) is 8.77. The van der Waals surface area contributed by atoms with E-state index in [0.29, 0.717) is 40.8 Å². The molecule has 4 aliphatic carbocycles. The first-order valence-electron chi connectivity index (χ1n) is 12.7. The van der Waals surface area contributed by atoms with Crippen LogP contribution in [0, 0.1) is 23.2 Å². The molecule has 4 saturated carbocycles. The van der Waals surface area contributed by atoms with Gasteiger partial charge in [-0.3, -0.25) is 14.2 Å². The van der Waals surface area contributed by atoms with E-state index in [2.05, 4.69) is 0 Å². The predicted molar refractivity (Wildman–Crippen MR) is 124 cm³/mol. The van der Waals surface area contributed by atoms with Crippen LogP contribution in [0.5, 0.6) is 0 Å². The molecule has 0 radical (unpaired) electrons. The number of hydrogen-bond acceptors (Lipinski definition) is 5. The van der Waals surface area contributed by atoms with Gasteiger partial charge in [-0.25, -0.2) is 9.78 Å². The molecule has 0 N–H and O–H groups in total. The summed E-state index contributed by atoms with van der Waals surface area (Å²) in [6.45, 7) is 2.43. The average molecular weight is 449 g/mol. The Morgan fingerprint density at radius 1 is 1.06 bits per heavy atom. The van der Waals surface area contributed by atoms with Gasteiger partial charge in [0.05, 0.1) is 16.5 Å². The summed E-state index contributed by atoms with van der Waals surface area (Å²) in [5.41, 5.74) is 0.550. The fourth-order valence-corrected chi connectivity index (χ4v) is 7.67. The standard InChI is InChI=1S/C27H32N2O4/c1-16(24(30)27-13-17-9-18(14-27)11-19(10-17)15-27)33-26(32)20-6-7-21-22(12-20)28-23-5-3-2-4-8-29(23)25(21)31/h6-7,12,16-19H,2-5,8-11,13-15H2,1H3/t16-,17?,18?,19?,27?/m0/s1. The summed E-state index contributed by atoms with van der Waals surface area (Å²) in [6, 6.07) is 4.94. The molecule has 0 spiro atoms. The fraction of sp³-hybridized carbons (Fsp3) is 0.630. The number of ether oxygens (including phenoxy) is 1. The lowest BCUT2D eigenvalue weighted by molar-refractivity contribution is -0.152. The molecule has 174 valence electrons. The number of benzene rings is 1. The van der Waals surface area contributed by atoms with Gasteiger partial charge >= 0.3 is 5.97 Å². The number of Topliss-reactive ketones (excluding diaryl/α,β-unsaturated/α-hetero) is 1. The Morgan fingerprint density at radius 3 is 2.45 bits per heavy atom. The van der Waals surface area contributed by atoms with Crippen LogP contribution < -0.4 is 5.56 Å². The van der Waals surface area contributed by atoms with E-state index in [1.54, 1.807) is 29.7 Å². The van der Waals surface area contributed by atoms with Gasteiger partial charge in [-0.05, 0) is 94.2 Å². The Kier molecular flexibility index (Phi) is 4.96. The lowest BCUT2D eigenvalue weighted by Crippen LogP contribution is -2.52. The van der Waals surface area contributed by atoms with Crippen molar-refractivity contribution in [2.75, 3.05) is 0 Å². The molecule has 4 fully saturated rings. The summed E-state index contributed by atoms with van der Waals surface area (Å²) in [7, 11) is 0. The third kappa shape index (κ3) is 3.53. The molecule has 1 aromatic carbocycles. The summed E-state index contributed by atoms with van der Waals surface area (Å²) in [5.74, 6) is 2.40. The van der Waals surface area contributed by atoms with E-state index in [-0.39, 0.29) is 16.8 Å². The van der Waals surface area contributed by atoms with E-state index < -0.39 is 12.1 Å². The van der Waals surface area contributed by atoms with Gasteiger partial charge in [-0.2, -0.15) is 0 Å². The van der Waals surface area contributed by atoms with Crippen molar-refractivity contribution in [2.24, 2.45) is 23.2 Å². The Labute approximate surface area is 193 Å². The van der Waals surface area contributed by atoms with Crippen molar-refractivity contribution in [3.8, 4) is 0 Å². The van der Waals surface area contributed by atoms with E-state index in [9.17, 15) is 14.4 Å². The normalized spacial score (nSPS) is 31.1. The van der Waals surface area contributed by atoms with Crippen molar-refractivity contribution >= 4 is 22.7 Å². The molecule has 1 aliphatic heterocycles. The van der Waals surface area contributed by atoms with E-state index in [0.717, 1.165) is 50.8 Å². The zero-order valence-electron chi connectivity index (χ0n) is 19.3. The summed E-state index contributed by atoms with van der Waals surface area (Å²) >= 11 is 0. The molecule has 33 heavy (non-hydrogen) atoms. The van der Waals surface area contributed by atoms with Gasteiger partial charge < -0.3 is 4.74 Å². The number of carbonyl (C=O) groups is 2. The number of fused-ring (bicyclic) bond motifs is 2. The Hall–Kier alpha value is -2.50. The minimum Gasteiger partial charge on any atom is -0.451 e. The number of aromatic nitrogens is 2. The van der Waals surface area contributed by atoms with Crippen molar-refractivity contribution in [3.63, 3.8) is 0 Å². The molecular weight excluding hydrogens is 416 g/mol. The smallest absolute Gasteiger partial charge is 0.338 e. The topological polar surface area (TPSA) is 78.3 Å². The molecule has 0 saturated heterocycles. The van der Waals surface area contributed by atoms with Crippen LogP contribution in [0.1, 0.15) is 80.9 Å². The van der Waals surface area contributed by atoms with Crippen LogP contribution in [0.4, 0.5) is 0 Å². The Bertz CT molecular complexity index is 1160. The van der Waals surface area contributed by atoms with Crippen LogP contribution in [0.2, 0.25) is 0 Å². The van der Waals surface area contributed by atoms with Crippen molar-refractivity contribution in [1.82, 2.24) is 9.55 Å². The summed E-state index contributed by atoms with van der Waals surface area (Å²) in [4.78, 5) is 44.1. The largest absolute Gasteiger partial charge is 0.451 e. The highest BCUT2D eigenvalue weighted by Gasteiger charge is 2.55. The number of nitrogens with zero attached hydrogens (tertiary/aromatic N) is 2. The molecule has 5 aliphatic rings. The maximum absolute atomic E-state index is 13.5. The van der Waals surface area contributed by atoms with Crippen LogP contribution in [0.3, 0.4) is 0 Å². The van der Waals surface area contributed by atoms with Crippen LogP contribution >= 0.6 is 0 Å². The van der Waals surface area contributed by atoms with Crippen molar-refractivity contribution in [3.05, 3.63) is 39.9 Å². The fourth-order valence-electron chi connectivity index (χ4n) is 7.67. The minimum atomic E-state index is -0.755. The molecule has 0 amide bonds. The highest BCUT2D eigenvalue weighted by atomic mass is 16.5. The van der Waals surface area contributed by atoms with E-state index in [1.807, 2.05) is 0 Å². The van der Waals surface area contributed by atoms with Crippen molar-refractivity contribution in [1.29, 1.82) is 0 Å². The monoisotopic (exact) mass is 448 g/mol. The van der Waals surface area contributed by atoms with Crippen LogP contribution in [0.15, 0.2) is 23.0 Å². The average Bonchev–Trinajstić information content (AvgIpc) is 3.03. The number of rotatable bonds is 4. The molecule has 1 atom stereocenters. The molecule has 4 bridgehead atoms. The molecule has 1 aromatic heterocycles. The maximum Gasteiger partial charge on any atom is 0.338 e. The molecule has 2 heterocycles. The SMILES string of the molecule is C[C@H](OC(=O)c1ccc2c(=O)n3c(nc2c1)CCCCC3)C(=O)C12CC3CC(CC(C3)C1)C2. The third-order valence-corrected chi connectivity index (χ3v) is 8.77. The Balaban J connectivity index is 1.23. The molecule has 7 rings (SSSR count). The number of hydrogen-bond donors (Lipinski definition) is 0. The maximum atomic E-state index is 13.5. The highest BCUT2D eigenvalue weighted by molar-refractivity contribution is 5.97. The number of aryl methyl sites for hydroxylation is 1. The van der Waals surface area contributed by atoms with E-state index in [4.69, 9.17) is 9.72 Å². The zero-order chi connectivity index (χ0) is 22.7. The Morgan fingerprint density at radius 2 is 1.76 bits per heavy atom. The first-order chi connectivity index (χ1) is 15.9. The molecule has 0 unspecified atom stereocenters. The second kappa shape index (κ2) is 7.78. The van der Waals surface area contributed by atoms with E-state index >= 15 is 0 Å². The first kappa shape index (κ1) is 21.1. The quantitative estimate of drug-likeness (QED) is 0.646. The summed E-state index contributed by atoms with van der Waals surface area (Å²) in [5, 5.41) is 0.523. The summed E-state index contributed by atoms with van der Waals surface area (Å²) in [6.07, 6.45) is 9.83. The van der Waals surface area contributed by atoms with Gasteiger partial charge in [0.2, 0.25) is 0 Å². The van der Waals surface area contributed by atoms with Gasteiger partial charge in [0.1, 0.15) is 5.82 Å². The van der Waals surface area contributed by atoms with Crippen molar-refractivity contribution < 1.29 is 14.3 Å². The summed E-state index contributed by atoms with van der Waals surface area (Å²) < 4.78 is 7.48. The predicted octanol–water partition coefficient (Wildman–Crippen LogP) is 4.45. The van der Waals surface area contributed by atoms with Gasteiger partial charge in [0.15, 0.2) is 11.9 Å². The van der Waals surface area contributed by atoms with Gasteiger partial charge in [0.25, 0.3) is 5.56 Å². The first-order valence-corrected chi connectivity index (χ1v) is 12.7. The van der Waals surface area contributed by atoms with Crippen LogP contribution in [0.25, 0.3) is 10.9 Å². The second-order valence-electron chi connectivity index (χ2n) is 11.1. The minimum absolute atomic E-state index is 0.0396. The second-order valence-corrected chi connectivity index (χ2v) is 11.1. The zero-order valence-corrected chi connectivity index (χ0v) is 19.3. The lowest BCUT2D eigenvalue weighted by atomic mass is 9.48. The van der Waals surface area contributed by atoms with Gasteiger partial charge in [-0.1, -0.05) is 6.42 Å². The van der Waals surface area contributed by atoms with Gasteiger partial charge in [0, 0.05) is 18.4 Å². The highest BCUT2D eigenvalue weighted by Crippen LogP contribution is 2.60.